The van der Waals surface area contributed by atoms with Gasteiger partial charge in [-0.2, -0.15) is 0 Å². The summed E-state index contributed by atoms with van der Waals surface area (Å²) in [6, 6.07) is 0. The third-order valence-electron chi connectivity index (χ3n) is 1.67. The molecule has 0 atom stereocenters. The highest BCUT2D eigenvalue weighted by atomic mass is 16.5. The first kappa shape index (κ1) is 10.3. The molecule has 0 aliphatic heterocycles. The second-order valence-corrected chi connectivity index (χ2v) is 2.76. The normalized spacial score (nSPS) is 9.86. The van der Waals surface area contributed by atoms with E-state index in [9.17, 15) is 14.7 Å². The van der Waals surface area contributed by atoms with Crippen molar-refractivity contribution in [3.63, 3.8) is 0 Å². The standard InChI is InChI=1S/C9H11NO4/c1-3-14-9(13)7-5-10(2)4-6(7)8(11)12/h4-5H,3H2,1-2H3,(H,11,12)/p-1. The molecule has 0 aliphatic carbocycles. The molecule has 0 radical (unpaired) electrons. The molecule has 0 aromatic carbocycles. The number of rotatable bonds is 3. The van der Waals surface area contributed by atoms with Gasteiger partial charge < -0.3 is 19.2 Å². The van der Waals surface area contributed by atoms with Crippen LogP contribution in [0.25, 0.3) is 0 Å². The van der Waals surface area contributed by atoms with Crippen LogP contribution in [0, 0.1) is 0 Å². The Hall–Kier alpha value is -1.78. The molecular formula is C9H10NO4-. The molecule has 76 valence electrons. The maximum Gasteiger partial charge on any atom is 0.340 e. The number of carbonyl (C=O) groups is 2. The van der Waals surface area contributed by atoms with Gasteiger partial charge in [-0.15, -0.1) is 0 Å². The zero-order valence-corrected chi connectivity index (χ0v) is 7.94. The summed E-state index contributed by atoms with van der Waals surface area (Å²) in [7, 11) is 1.62. The van der Waals surface area contributed by atoms with Crippen LogP contribution in [0.3, 0.4) is 0 Å². The van der Waals surface area contributed by atoms with Gasteiger partial charge in [0, 0.05) is 25.0 Å². The molecule has 0 unspecified atom stereocenters. The maximum atomic E-state index is 11.3. The van der Waals surface area contributed by atoms with Crippen molar-refractivity contribution in [2.45, 2.75) is 6.92 Å². The molecule has 0 N–H and O–H groups in total. The summed E-state index contributed by atoms with van der Waals surface area (Å²) >= 11 is 0. The number of hydrogen-bond donors (Lipinski definition) is 0. The summed E-state index contributed by atoms with van der Waals surface area (Å²) in [6.07, 6.45) is 2.70. The van der Waals surface area contributed by atoms with E-state index >= 15 is 0 Å². The second-order valence-electron chi connectivity index (χ2n) is 2.76. The number of esters is 1. The molecule has 0 saturated carbocycles. The molecule has 0 saturated heterocycles. The summed E-state index contributed by atoms with van der Waals surface area (Å²) in [4.78, 5) is 21.9. The van der Waals surface area contributed by atoms with E-state index in [4.69, 9.17) is 0 Å². The molecule has 14 heavy (non-hydrogen) atoms. The number of aryl methyl sites for hydroxylation is 1. The molecule has 0 amide bonds. The van der Waals surface area contributed by atoms with Gasteiger partial charge in [0.15, 0.2) is 0 Å². The van der Waals surface area contributed by atoms with E-state index in [-0.39, 0.29) is 17.7 Å². The number of carbonyl (C=O) groups excluding carboxylic acids is 2. The van der Waals surface area contributed by atoms with Gasteiger partial charge in [-0.1, -0.05) is 0 Å². The zero-order chi connectivity index (χ0) is 10.7. The number of nitrogens with zero attached hydrogens (tertiary/aromatic N) is 1. The number of aromatic nitrogens is 1. The average Bonchev–Trinajstić information content (AvgIpc) is 2.48. The van der Waals surface area contributed by atoms with E-state index in [1.54, 1.807) is 14.0 Å². The van der Waals surface area contributed by atoms with Crippen LogP contribution in [-0.2, 0) is 11.8 Å². The van der Waals surface area contributed by atoms with Crippen molar-refractivity contribution in [2.75, 3.05) is 6.61 Å². The molecule has 0 aliphatic rings. The Labute approximate surface area is 80.9 Å². The first-order valence-corrected chi connectivity index (χ1v) is 4.10. The van der Waals surface area contributed by atoms with Crippen LogP contribution in [0.5, 0.6) is 0 Å². The Bertz CT molecular complexity index is 367. The fourth-order valence-electron chi connectivity index (χ4n) is 1.12. The van der Waals surface area contributed by atoms with Crippen LogP contribution < -0.4 is 5.11 Å². The lowest BCUT2D eigenvalue weighted by atomic mass is 10.2. The van der Waals surface area contributed by atoms with Gasteiger partial charge in [-0.3, -0.25) is 0 Å². The molecule has 5 heteroatoms. The van der Waals surface area contributed by atoms with E-state index in [0.717, 1.165) is 0 Å². The van der Waals surface area contributed by atoms with Crippen LogP contribution in [0.15, 0.2) is 12.4 Å². The number of carboxylic acids is 1. The van der Waals surface area contributed by atoms with Gasteiger partial charge in [-0.05, 0) is 6.92 Å². The first-order valence-electron chi connectivity index (χ1n) is 4.10. The van der Waals surface area contributed by atoms with E-state index in [0.29, 0.717) is 0 Å². The van der Waals surface area contributed by atoms with Crippen molar-refractivity contribution in [1.82, 2.24) is 4.57 Å². The molecule has 1 heterocycles. The summed E-state index contributed by atoms with van der Waals surface area (Å²) in [5.41, 5.74) is -0.125. The predicted molar refractivity (Wildman–Crippen MR) is 45.7 cm³/mol. The maximum absolute atomic E-state index is 11.3. The minimum Gasteiger partial charge on any atom is -0.545 e. The fraction of sp³-hybridized carbons (Fsp3) is 0.333. The van der Waals surface area contributed by atoms with Crippen LogP contribution in [0.4, 0.5) is 0 Å². The van der Waals surface area contributed by atoms with Gasteiger partial charge >= 0.3 is 5.97 Å². The van der Waals surface area contributed by atoms with Crippen molar-refractivity contribution in [3.8, 4) is 0 Å². The minimum atomic E-state index is -1.38. The van der Waals surface area contributed by atoms with Gasteiger partial charge in [0.2, 0.25) is 0 Å². The highest BCUT2D eigenvalue weighted by Crippen LogP contribution is 2.10. The lowest BCUT2D eigenvalue weighted by Crippen LogP contribution is -2.24. The number of ether oxygens (including phenoxy) is 1. The number of carboxylic acid groups (broad SMARTS) is 1. The van der Waals surface area contributed by atoms with Gasteiger partial charge in [0.25, 0.3) is 0 Å². The largest absolute Gasteiger partial charge is 0.545 e. The highest BCUT2D eigenvalue weighted by molar-refractivity contribution is 6.01. The summed E-state index contributed by atoms with van der Waals surface area (Å²) in [5.74, 6) is -2.03. The Kier molecular flexibility index (Phi) is 2.91. The first-order chi connectivity index (χ1) is 6.56. The smallest absolute Gasteiger partial charge is 0.340 e. The number of aromatic carboxylic acids is 1. The topological polar surface area (TPSA) is 71.4 Å². The number of hydrogen-bond acceptors (Lipinski definition) is 4. The SMILES string of the molecule is CCOC(=O)c1cn(C)cc1C(=O)[O-]. The Morgan fingerprint density at radius 3 is 2.50 bits per heavy atom. The monoisotopic (exact) mass is 196 g/mol. The van der Waals surface area contributed by atoms with Crippen molar-refractivity contribution >= 4 is 11.9 Å². The van der Waals surface area contributed by atoms with E-state index < -0.39 is 11.9 Å². The zero-order valence-electron chi connectivity index (χ0n) is 7.94. The van der Waals surface area contributed by atoms with Crippen molar-refractivity contribution < 1.29 is 19.4 Å². The molecule has 1 rings (SSSR count). The molecule has 1 aromatic heterocycles. The summed E-state index contributed by atoms with van der Waals surface area (Å²) in [5, 5.41) is 10.6. The lowest BCUT2D eigenvalue weighted by molar-refractivity contribution is -0.255. The third kappa shape index (κ3) is 1.93. The van der Waals surface area contributed by atoms with Gasteiger partial charge in [-0.25, -0.2) is 4.79 Å². The Balaban J connectivity index is 3.06. The van der Waals surface area contributed by atoms with E-state index in [2.05, 4.69) is 4.74 Å². The fourth-order valence-corrected chi connectivity index (χ4v) is 1.12. The second kappa shape index (κ2) is 3.95. The van der Waals surface area contributed by atoms with Gasteiger partial charge in [0.1, 0.15) is 0 Å². The lowest BCUT2D eigenvalue weighted by Gasteiger charge is -2.03. The molecule has 0 fully saturated rings. The molecule has 1 aromatic rings. The molecule has 5 nitrogen and oxygen atoms in total. The van der Waals surface area contributed by atoms with Crippen molar-refractivity contribution in [3.05, 3.63) is 23.5 Å². The van der Waals surface area contributed by atoms with E-state index in [1.165, 1.54) is 17.0 Å². The molecular weight excluding hydrogens is 186 g/mol. The van der Waals surface area contributed by atoms with Crippen molar-refractivity contribution in [1.29, 1.82) is 0 Å². The van der Waals surface area contributed by atoms with Crippen LogP contribution in [0.1, 0.15) is 27.6 Å². The quantitative estimate of drug-likeness (QED) is 0.615. The predicted octanol–water partition coefficient (Wildman–Crippen LogP) is -0.435. The average molecular weight is 196 g/mol. The molecule has 0 spiro atoms. The summed E-state index contributed by atoms with van der Waals surface area (Å²) < 4.78 is 6.16. The van der Waals surface area contributed by atoms with Crippen LogP contribution >= 0.6 is 0 Å². The van der Waals surface area contributed by atoms with Crippen LogP contribution in [-0.4, -0.2) is 23.1 Å². The van der Waals surface area contributed by atoms with Crippen molar-refractivity contribution in [2.24, 2.45) is 7.05 Å². The highest BCUT2D eigenvalue weighted by Gasteiger charge is 2.15. The molecule has 0 bridgehead atoms. The summed E-state index contributed by atoms with van der Waals surface area (Å²) in [6.45, 7) is 1.86. The minimum absolute atomic E-state index is 0.0225. The third-order valence-corrected chi connectivity index (χ3v) is 1.67. The van der Waals surface area contributed by atoms with Gasteiger partial charge in [0.05, 0.1) is 18.1 Å². The Morgan fingerprint density at radius 1 is 1.43 bits per heavy atom. The van der Waals surface area contributed by atoms with Crippen LogP contribution in [0.2, 0.25) is 0 Å². The van der Waals surface area contributed by atoms with E-state index in [1.807, 2.05) is 0 Å². The Morgan fingerprint density at radius 2 is 2.00 bits per heavy atom.